The monoisotopic (exact) mass is 238 g/mol. The van der Waals surface area contributed by atoms with E-state index in [4.69, 9.17) is 0 Å². The highest BCUT2D eigenvalue weighted by atomic mass is 15.5. The first kappa shape index (κ1) is 12.4. The molecule has 0 aromatic carbocycles. The number of rotatable bonds is 5. The fraction of sp³-hybridized carbons (Fsp3) is 0.909. The number of hydrogen-bond donors (Lipinski definition) is 3. The predicted octanol–water partition coefficient (Wildman–Crippen LogP) is 0.600. The normalized spacial score (nSPS) is 23.2. The van der Waals surface area contributed by atoms with Crippen LogP contribution in [0.4, 0.5) is 0 Å². The zero-order valence-electron chi connectivity index (χ0n) is 10.4. The van der Waals surface area contributed by atoms with Gasteiger partial charge in [0.05, 0.1) is 6.54 Å². The SMILES string of the molecule is CC(CC1CCCCCN1)NCc1nn[nH]n1. The largest absolute Gasteiger partial charge is 0.314 e. The average Bonchev–Trinajstić information content (AvgIpc) is 2.72. The van der Waals surface area contributed by atoms with Gasteiger partial charge in [-0.3, -0.25) is 0 Å². The van der Waals surface area contributed by atoms with Gasteiger partial charge in [-0.25, -0.2) is 0 Å². The summed E-state index contributed by atoms with van der Waals surface area (Å²) in [6, 6.07) is 1.13. The van der Waals surface area contributed by atoms with Crippen LogP contribution in [0, 0.1) is 0 Å². The summed E-state index contributed by atoms with van der Waals surface area (Å²) in [6.45, 7) is 4.07. The molecule has 0 bridgehead atoms. The van der Waals surface area contributed by atoms with E-state index in [-0.39, 0.29) is 0 Å². The highest BCUT2D eigenvalue weighted by molar-refractivity contribution is 4.79. The summed E-state index contributed by atoms with van der Waals surface area (Å²) < 4.78 is 0. The zero-order valence-corrected chi connectivity index (χ0v) is 10.4. The van der Waals surface area contributed by atoms with E-state index in [1.807, 2.05) is 0 Å². The van der Waals surface area contributed by atoms with Crippen LogP contribution in [0.3, 0.4) is 0 Å². The van der Waals surface area contributed by atoms with Gasteiger partial charge in [0.25, 0.3) is 0 Å². The molecule has 1 fully saturated rings. The molecule has 1 aromatic rings. The van der Waals surface area contributed by atoms with Gasteiger partial charge >= 0.3 is 0 Å². The Morgan fingerprint density at radius 3 is 3.18 bits per heavy atom. The molecule has 2 rings (SSSR count). The number of H-pyrrole nitrogens is 1. The molecule has 0 amide bonds. The van der Waals surface area contributed by atoms with Gasteiger partial charge in [0, 0.05) is 12.1 Å². The van der Waals surface area contributed by atoms with Gasteiger partial charge in [-0.05, 0) is 32.7 Å². The lowest BCUT2D eigenvalue weighted by molar-refractivity contribution is 0.400. The summed E-state index contributed by atoms with van der Waals surface area (Å²) in [6.07, 6.45) is 6.51. The molecule has 3 N–H and O–H groups in total. The van der Waals surface area contributed by atoms with Gasteiger partial charge < -0.3 is 10.6 Å². The molecular formula is C11H22N6. The van der Waals surface area contributed by atoms with Crippen molar-refractivity contribution in [3.8, 4) is 0 Å². The predicted molar refractivity (Wildman–Crippen MR) is 65.4 cm³/mol. The molecule has 1 aliphatic rings. The number of aromatic nitrogens is 4. The Balaban J connectivity index is 1.67. The van der Waals surface area contributed by atoms with Gasteiger partial charge in [-0.15, -0.1) is 10.2 Å². The lowest BCUT2D eigenvalue weighted by Crippen LogP contribution is -2.36. The minimum Gasteiger partial charge on any atom is -0.314 e. The molecular weight excluding hydrogens is 216 g/mol. The van der Waals surface area contributed by atoms with E-state index in [1.54, 1.807) is 0 Å². The van der Waals surface area contributed by atoms with Gasteiger partial charge in [0.15, 0.2) is 5.82 Å². The maximum absolute atomic E-state index is 3.92. The highest BCUT2D eigenvalue weighted by Crippen LogP contribution is 2.12. The molecule has 0 aliphatic carbocycles. The lowest BCUT2D eigenvalue weighted by atomic mass is 10.0. The molecule has 1 aromatic heterocycles. The molecule has 1 saturated heterocycles. The molecule has 17 heavy (non-hydrogen) atoms. The van der Waals surface area contributed by atoms with Crippen molar-refractivity contribution in [1.29, 1.82) is 0 Å². The van der Waals surface area contributed by atoms with Crippen LogP contribution in [0.2, 0.25) is 0 Å². The molecule has 2 unspecified atom stereocenters. The van der Waals surface area contributed by atoms with Crippen LogP contribution >= 0.6 is 0 Å². The van der Waals surface area contributed by atoms with Crippen LogP contribution in [0.1, 0.15) is 44.9 Å². The third kappa shape index (κ3) is 4.40. The molecule has 6 nitrogen and oxygen atoms in total. The van der Waals surface area contributed by atoms with E-state index in [0.29, 0.717) is 18.6 Å². The maximum atomic E-state index is 3.92. The van der Waals surface area contributed by atoms with Crippen LogP contribution in [0.25, 0.3) is 0 Å². The molecule has 6 heteroatoms. The van der Waals surface area contributed by atoms with E-state index < -0.39 is 0 Å². The fourth-order valence-electron chi connectivity index (χ4n) is 2.33. The van der Waals surface area contributed by atoms with Gasteiger partial charge in [0.2, 0.25) is 0 Å². The van der Waals surface area contributed by atoms with Crippen LogP contribution in [-0.4, -0.2) is 39.3 Å². The minimum atomic E-state index is 0.476. The Morgan fingerprint density at radius 2 is 2.35 bits per heavy atom. The Kier molecular flexibility index (Phi) is 4.88. The molecule has 0 saturated carbocycles. The van der Waals surface area contributed by atoms with E-state index in [0.717, 1.165) is 12.2 Å². The second-order valence-corrected chi connectivity index (χ2v) is 4.85. The third-order valence-corrected chi connectivity index (χ3v) is 3.30. The summed E-state index contributed by atoms with van der Waals surface area (Å²) in [4.78, 5) is 0. The summed E-state index contributed by atoms with van der Waals surface area (Å²) in [5, 5.41) is 20.9. The smallest absolute Gasteiger partial charge is 0.188 e. The third-order valence-electron chi connectivity index (χ3n) is 3.30. The number of aromatic amines is 1. The topological polar surface area (TPSA) is 78.5 Å². The Hall–Kier alpha value is -1.01. The van der Waals surface area contributed by atoms with Crippen molar-refractivity contribution in [3.63, 3.8) is 0 Å². The van der Waals surface area contributed by atoms with Gasteiger partial charge in [-0.1, -0.05) is 18.1 Å². The number of tetrazole rings is 1. The van der Waals surface area contributed by atoms with Gasteiger partial charge in [-0.2, -0.15) is 5.21 Å². The summed E-state index contributed by atoms with van der Waals surface area (Å²) in [7, 11) is 0. The van der Waals surface area contributed by atoms with Crippen LogP contribution in [0.15, 0.2) is 0 Å². The summed E-state index contributed by atoms with van der Waals surface area (Å²) >= 11 is 0. The van der Waals surface area contributed by atoms with Crippen molar-refractivity contribution in [3.05, 3.63) is 5.82 Å². The molecule has 1 aliphatic heterocycles. The molecule has 0 spiro atoms. The van der Waals surface area contributed by atoms with E-state index in [2.05, 4.69) is 38.2 Å². The lowest BCUT2D eigenvalue weighted by Gasteiger charge is -2.20. The first-order chi connectivity index (χ1) is 8.34. The zero-order chi connectivity index (χ0) is 11.9. The quantitative estimate of drug-likeness (QED) is 0.700. The maximum Gasteiger partial charge on any atom is 0.188 e. The first-order valence-electron chi connectivity index (χ1n) is 6.53. The Morgan fingerprint density at radius 1 is 1.41 bits per heavy atom. The summed E-state index contributed by atoms with van der Waals surface area (Å²) in [5.74, 6) is 0.727. The Bertz CT molecular complexity index is 291. The van der Waals surface area contributed by atoms with Crippen molar-refractivity contribution < 1.29 is 0 Å². The average molecular weight is 238 g/mol. The van der Waals surface area contributed by atoms with Crippen molar-refractivity contribution in [1.82, 2.24) is 31.3 Å². The van der Waals surface area contributed by atoms with Crippen molar-refractivity contribution >= 4 is 0 Å². The van der Waals surface area contributed by atoms with Crippen molar-refractivity contribution in [2.75, 3.05) is 6.54 Å². The molecule has 96 valence electrons. The van der Waals surface area contributed by atoms with Crippen LogP contribution < -0.4 is 10.6 Å². The standard InChI is InChI=1S/C11H22N6/c1-9(13-8-11-14-16-17-15-11)7-10-5-3-2-4-6-12-10/h9-10,12-13H,2-8H2,1H3,(H,14,15,16,17). The number of nitrogens with zero attached hydrogens (tertiary/aromatic N) is 3. The molecule has 2 heterocycles. The molecule has 2 atom stereocenters. The number of hydrogen-bond acceptors (Lipinski definition) is 5. The first-order valence-corrected chi connectivity index (χ1v) is 6.53. The van der Waals surface area contributed by atoms with E-state index in [1.165, 1.54) is 32.2 Å². The summed E-state index contributed by atoms with van der Waals surface area (Å²) in [5.41, 5.74) is 0. The van der Waals surface area contributed by atoms with E-state index >= 15 is 0 Å². The van der Waals surface area contributed by atoms with Gasteiger partial charge in [0.1, 0.15) is 0 Å². The number of nitrogens with one attached hydrogen (secondary N) is 3. The van der Waals surface area contributed by atoms with Crippen molar-refractivity contribution in [2.24, 2.45) is 0 Å². The highest BCUT2D eigenvalue weighted by Gasteiger charge is 2.14. The minimum absolute atomic E-state index is 0.476. The second kappa shape index (κ2) is 6.66. The fourth-order valence-corrected chi connectivity index (χ4v) is 2.33. The second-order valence-electron chi connectivity index (χ2n) is 4.85. The van der Waals surface area contributed by atoms with Crippen molar-refractivity contribution in [2.45, 2.75) is 57.7 Å². The Labute approximate surface area is 102 Å². The van der Waals surface area contributed by atoms with E-state index in [9.17, 15) is 0 Å². The molecule has 0 radical (unpaired) electrons. The van der Waals surface area contributed by atoms with Crippen LogP contribution in [-0.2, 0) is 6.54 Å². The van der Waals surface area contributed by atoms with Crippen LogP contribution in [0.5, 0.6) is 0 Å².